The average molecular weight is 275 g/mol. The third-order valence-electron chi connectivity index (χ3n) is 4.09. The first-order chi connectivity index (χ1) is 9.72. The van der Waals surface area contributed by atoms with Crippen LogP contribution in [-0.2, 0) is 17.9 Å². The number of nitrogens with two attached hydrogens (primary N) is 1. The van der Waals surface area contributed by atoms with E-state index < -0.39 is 0 Å². The zero-order valence-corrected chi connectivity index (χ0v) is 12.3. The zero-order chi connectivity index (χ0) is 14.4. The van der Waals surface area contributed by atoms with E-state index in [4.69, 9.17) is 5.73 Å². The predicted octanol–water partition coefficient (Wildman–Crippen LogP) is 2.47. The van der Waals surface area contributed by atoms with Crippen LogP contribution >= 0.6 is 0 Å². The topological polar surface area (TPSA) is 59.2 Å². The Balaban J connectivity index is 1.98. The summed E-state index contributed by atoms with van der Waals surface area (Å²) >= 11 is 0. The summed E-state index contributed by atoms with van der Waals surface area (Å²) in [6.45, 7) is 4.23. The molecule has 1 amide bonds. The van der Waals surface area contributed by atoms with Crippen molar-refractivity contribution in [2.75, 3.05) is 6.54 Å². The molecule has 2 rings (SSSR count). The van der Waals surface area contributed by atoms with Gasteiger partial charge in [0.1, 0.15) is 0 Å². The van der Waals surface area contributed by atoms with Crippen LogP contribution < -0.4 is 5.73 Å². The molecule has 1 fully saturated rings. The van der Waals surface area contributed by atoms with Crippen molar-refractivity contribution in [3.05, 3.63) is 29.6 Å². The van der Waals surface area contributed by atoms with Crippen LogP contribution in [0.15, 0.2) is 18.3 Å². The number of carbonyl (C=O) groups excluding carboxylic acids is 1. The number of hydrogen-bond acceptors (Lipinski definition) is 3. The molecule has 1 aromatic rings. The largest absolute Gasteiger partial charge is 0.338 e. The van der Waals surface area contributed by atoms with E-state index in [2.05, 4.69) is 11.9 Å². The van der Waals surface area contributed by atoms with Crippen molar-refractivity contribution in [1.29, 1.82) is 0 Å². The van der Waals surface area contributed by atoms with Crippen LogP contribution in [0, 0.1) is 5.92 Å². The molecule has 4 nitrogen and oxygen atoms in total. The predicted molar refractivity (Wildman–Crippen MR) is 79.8 cm³/mol. The number of nitrogens with zero attached hydrogens (tertiary/aromatic N) is 2. The van der Waals surface area contributed by atoms with Gasteiger partial charge in [0, 0.05) is 32.3 Å². The maximum atomic E-state index is 12.2. The minimum atomic E-state index is 0.287. The molecular formula is C16H25N3O. The first-order valence-electron chi connectivity index (χ1n) is 7.64. The van der Waals surface area contributed by atoms with E-state index in [-0.39, 0.29) is 5.91 Å². The van der Waals surface area contributed by atoms with Crippen LogP contribution in [0.5, 0.6) is 0 Å². The van der Waals surface area contributed by atoms with Gasteiger partial charge in [-0.05, 0) is 36.5 Å². The van der Waals surface area contributed by atoms with Crippen molar-refractivity contribution in [3.8, 4) is 0 Å². The molecule has 110 valence electrons. The summed E-state index contributed by atoms with van der Waals surface area (Å²) in [5.41, 5.74) is 7.62. The summed E-state index contributed by atoms with van der Waals surface area (Å²) in [5, 5.41) is 0. The van der Waals surface area contributed by atoms with Gasteiger partial charge in [0.05, 0.1) is 5.69 Å². The van der Waals surface area contributed by atoms with Gasteiger partial charge >= 0.3 is 0 Å². The van der Waals surface area contributed by atoms with Crippen LogP contribution in [0.1, 0.15) is 50.3 Å². The summed E-state index contributed by atoms with van der Waals surface area (Å²) in [6.07, 6.45) is 7.11. The Morgan fingerprint density at radius 2 is 2.30 bits per heavy atom. The van der Waals surface area contributed by atoms with E-state index in [1.165, 1.54) is 12.8 Å². The van der Waals surface area contributed by atoms with Gasteiger partial charge in [-0.1, -0.05) is 19.8 Å². The third-order valence-corrected chi connectivity index (χ3v) is 4.09. The number of likely N-dealkylation sites (tertiary alicyclic amines) is 1. The minimum absolute atomic E-state index is 0.287. The molecule has 0 spiro atoms. The van der Waals surface area contributed by atoms with Crippen molar-refractivity contribution in [2.45, 2.75) is 52.1 Å². The lowest BCUT2D eigenvalue weighted by Gasteiger charge is -2.21. The molecule has 1 unspecified atom stereocenters. The fourth-order valence-corrected chi connectivity index (χ4v) is 2.92. The first kappa shape index (κ1) is 15.0. The molecule has 0 bridgehead atoms. The fraction of sp³-hybridized carbons (Fsp3) is 0.625. The van der Waals surface area contributed by atoms with Crippen LogP contribution in [0.4, 0.5) is 0 Å². The van der Waals surface area contributed by atoms with Gasteiger partial charge in [0.25, 0.3) is 0 Å². The van der Waals surface area contributed by atoms with Crippen molar-refractivity contribution < 1.29 is 4.79 Å². The van der Waals surface area contributed by atoms with Crippen LogP contribution in [0.3, 0.4) is 0 Å². The van der Waals surface area contributed by atoms with Gasteiger partial charge in [0.15, 0.2) is 0 Å². The van der Waals surface area contributed by atoms with Crippen molar-refractivity contribution >= 4 is 5.91 Å². The molecule has 20 heavy (non-hydrogen) atoms. The molecule has 2 N–H and O–H groups in total. The van der Waals surface area contributed by atoms with E-state index in [0.717, 1.165) is 30.6 Å². The normalized spacial score (nSPS) is 20.0. The lowest BCUT2D eigenvalue weighted by Crippen LogP contribution is -2.29. The molecule has 0 aliphatic carbocycles. The lowest BCUT2D eigenvalue weighted by atomic mass is 9.96. The van der Waals surface area contributed by atoms with E-state index in [1.807, 2.05) is 17.0 Å². The average Bonchev–Trinajstić information content (AvgIpc) is 2.64. The van der Waals surface area contributed by atoms with Gasteiger partial charge in [0.2, 0.25) is 5.91 Å². The molecule has 0 radical (unpaired) electrons. The van der Waals surface area contributed by atoms with Gasteiger partial charge < -0.3 is 10.6 Å². The number of carbonyl (C=O) groups is 1. The molecule has 1 aromatic heterocycles. The standard InChI is InChI=1S/C16H25N3O/c1-2-3-13-4-5-16(20)19(9-7-13)12-14-6-8-18-15(10-14)11-17/h6,8,10,13H,2-5,7,9,11-12,17H2,1H3. The molecule has 1 aliphatic heterocycles. The molecule has 1 atom stereocenters. The van der Waals surface area contributed by atoms with Crippen LogP contribution in [0.2, 0.25) is 0 Å². The molecule has 4 heteroatoms. The van der Waals surface area contributed by atoms with Crippen molar-refractivity contribution in [3.63, 3.8) is 0 Å². The minimum Gasteiger partial charge on any atom is -0.338 e. The monoisotopic (exact) mass is 275 g/mol. The highest BCUT2D eigenvalue weighted by atomic mass is 16.2. The Morgan fingerprint density at radius 3 is 3.05 bits per heavy atom. The van der Waals surface area contributed by atoms with E-state index >= 15 is 0 Å². The summed E-state index contributed by atoms with van der Waals surface area (Å²) < 4.78 is 0. The van der Waals surface area contributed by atoms with E-state index in [0.29, 0.717) is 25.4 Å². The number of rotatable bonds is 5. The zero-order valence-electron chi connectivity index (χ0n) is 12.3. The van der Waals surface area contributed by atoms with Gasteiger partial charge in [-0.2, -0.15) is 0 Å². The maximum Gasteiger partial charge on any atom is 0.222 e. The molecule has 2 heterocycles. The van der Waals surface area contributed by atoms with Crippen LogP contribution in [-0.4, -0.2) is 22.3 Å². The SMILES string of the molecule is CCCC1CCC(=O)N(Cc2ccnc(CN)c2)CC1. The maximum absolute atomic E-state index is 12.2. The Morgan fingerprint density at radius 1 is 1.45 bits per heavy atom. The van der Waals surface area contributed by atoms with Crippen LogP contribution in [0.25, 0.3) is 0 Å². The third kappa shape index (κ3) is 4.04. The second kappa shape index (κ2) is 7.39. The van der Waals surface area contributed by atoms with Crippen molar-refractivity contribution in [2.24, 2.45) is 11.7 Å². The second-order valence-electron chi connectivity index (χ2n) is 5.66. The summed E-state index contributed by atoms with van der Waals surface area (Å²) in [7, 11) is 0. The summed E-state index contributed by atoms with van der Waals surface area (Å²) in [6, 6.07) is 3.97. The Hall–Kier alpha value is -1.42. The fourth-order valence-electron chi connectivity index (χ4n) is 2.92. The van der Waals surface area contributed by atoms with E-state index in [1.54, 1.807) is 6.20 Å². The number of hydrogen-bond donors (Lipinski definition) is 1. The highest BCUT2D eigenvalue weighted by Gasteiger charge is 2.22. The lowest BCUT2D eigenvalue weighted by molar-refractivity contribution is -0.131. The smallest absolute Gasteiger partial charge is 0.222 e. The molecule has 0 saturated carbocycles. The van der Waals surface area contributed by atoms with Gasteiger partial charge in [-0.25, -0.2) is 0 Å². The van der Waals surface area contributed by atoms with Crippen molar-refractivity contribution in [1.82, 2.24) is 9.88 Å². The molecule has 1 saturated heterocycles. The van der Waals surface area contributed by atoms with Gasteiger partial charge in [-0.3, -0.25) is 9.78 Å². The highest BCUT2D eigenvalue weighted by Crippen LogP contribution is 2.23. The molecule has 1 aliphatic rings. The van der Waals surface area contributed by atoms with Gasteiger partial charge in [-0.15, -0.1) is 0 Å². The van der Waals surface area contributed by atoms with E-state index in [9.17, 15) is 4.79 Å². The number of amides is 1. The first-order valence-corrected chi connectivity index (χ1v) is 7.64. The molecular weight excluding hydrogens is 250 g/mol. The summed E-state index contributed by atoms with van der Waals surface area (Å²) in [4.78, 5) is 18.4. The second-order valence-corrected chi connectivity index (χ2v) is 5.66. The number of pyridine rings is 1. The number of aromatic nitrogens is 1. The Bertz CT molecular complexity index is 447. The summed E-state index contributed by atoms with van der Waals surface area (Å²) in [5.74, 6) is 1.00. The highest BCUT2D eigenvalue weighted by molar-refractivity contribution is 5.76. The Labute approximate surface area is 121 Å². The molecule has 0 aromatic carbocycles. The Kier molecular flexibility index (Phi) is 5.53. The quantitative estimate of drug-likeness (QED) is 0.898.